The minimum atomic E-state index is 0.349. The third-order valence-electron chi connectivity index (χ3n) is 3.27. The number of hydrogen-bond acceptors (Lipinski definition) is 1. The molecule has 0 fully saturated rings. The van der Waals surface area contributed by atoms with E-state index in [0.717, 1.165) is 6.54 Å². The van der Waals surface area contributed by atoms with Crippen LogP contribution in [0.5, 0.6) is 0 Å². The molecule has 0 spiro atoms. The van der Waals surface area contributed by atoms with Crippen molar-refractivity contribution in [3.63, 3.8) is 0 Å². The zero-order valence-corrected chi connectivity index (χ0v) is 12.9. The van der Waals surface area contributed by atoms with Gasteiger partial charge in [-0.15, -0.1) is 0 Å². The topological polar surface area (TPSA) is 12.0 Å². The van der Waals surface area contributed by atoms with Gasteiger partial charge in [0.2, 0.25) is 0 Å². The van der Waals surface area contributed by atoms with E-state index in [0.29, 0.717) is 11.5 Å². The maximum atomic E-state index is 3.71. The largest absolute Gasteiger partial charge is 0.310 e. The SMILES string of the molecule is CCCNC(CC(C)(C)C)c1cc(C)ccc1C. The Bertz CT molecular complexity index is 374. The first-order chi connectivity index (χ1) is 8.33. The fourth-order valence-corrected chi connectivity index (χ4v) is 2.36. The van der Waals surface area contributed by atoms with Crippen molar-refractivity contribution in [2.75, 3.05) is 6.54 Å². The molecule has 0 aromatic heterocycles. The summed E-state index contributed by atoms with van der Waals surface area (Å²) in [7, 11) is 0. The third kappa shape index (κ3) is 4.81. The Balaban J connectivity index is 2.97. The Morgan fingerprint density at radius 1 is 1.17 bits per heavy atom. The highest BCUT2D eigenvalue weighted by atomic mass is 14.9. The van der Waals surface area contributed by atoms with Crippen LogP contribution in [0.1, 0.15) is 63.3 Å². The van der Waals surface area contributed by atoms with Gasteiger partial charge in [0.15, 0.2) is 0 Å². The Labute approximate surface area is 113 Å². The molecule has 1 nitrogen and oxygen atoms in total. The molecule has 1 atom stereocenters. The van der Waals surface area contributed by atoms with Gasteiger partial charge in [-0.25, -0.2) is 0 Å². The van der Waals surface area contributed by atoms with Crippen LogP contribution in [0.25, 0.3) is 0 Å². The van der Waals surface area contributed by atoms with E-state index in [4.69, 9.17) is 0 Å². The molecule has 1 rings (SSSR count). The molecule has 1 aromatic rings. The van der Waals surface area contributed by atoms with Crippen molar-refractivity contribution >= 4 is 0 Å². The summed E-state index contributed by atoms with van der Waals surface area (Å²) in [6, 6.07) is 7.26. The lowest BCUT2D eigenvalue weighted by Gasteiger charge is -2.28. The van der Waals surface area contributed by atoms with Gasteiger partial charge in [-0.1, -0.05) is 51.5 Å². The molecule has 0 bridgehead atoms. The number of aryl methyl sites for hydroxylation is 2. The molecule has 1 unspecified atom stereocenters. The van der Waals surface area contributed by atoms with Gasteiger partial charge in [0.1, 0.15) is 0 Å². The fraction of sp³-hybridized carbons (Fsp3) is 0.647. The standard InChI is InChI=1S/C17H29N/c1-7-10-18-16(12-17(4,5)6)15-11-13(2)8-9-14(15)3/h8-9,11,16,18H,7,10,12H2,1-6H3. The number of hydrogen-bond donors (Lipinski definition) is 1. The highest BCUT2D eigenvalue weighted by Crippen LogP contribution is 2.31. The van der Waals surface area contributed by atoms with Crippen molar-refractivity contribution in [3.8, 4) is 0 Å². The first-order valence-corrected chi connectivity index (χ1v) is 7.14. The maximum Gasteiger partial charge on any atom is 0.0327 e. The highest BCUT2D eigenvalue weighted by molar-refractivity contribution is 5.33. The lowest BCUT2D eigenvalue weighted by atomic mass is 9.84. The van der Waals surface area contributed by atoms with Crippen LogP contribution in [0.2, 0.25) is 0 Å². The lowest BCUT2D eigenvalue weighted by Crippen LogP contribution is -2.27. The van der Waals surface area contributed by atoms with Gasteiger partial charge in [-0.3, -0.25) is 0 Å². The minimum Gasteiger partial charge on any atom is -0.310 e. The zero-order chi connectivity index (χ0) is 13.8. The fourth-order valence-electron chi connectivity index (χ4n) is 2.36. The molecule has 1 aromatic carbocycles. The monoisotopic (exact) mass is 247 g/mol. The van der Waals surface area contributed by atoms with Gasteiger partial charge in [-0.2, -0.15) is 0 Å². The predicted octanol–water partition coefficient (Wildman–Crippen LogP) is 4.78. The van der Waals surface area contributed by atoms with Crippen molar-refractivity contribution < 1.29 is 0 Å². The van der Waals surface area contributed by atoms with Gasteiger partial charge in [0.05, 0.1) is 0 Å². The quantitative estimate of drug-likeness (QED) is 0.789. The van der Waals surface area contributed by atoms with Gasteiger partial charge in [-0.05, 0) is 49.8 Å². The summed E-state index contributed by atoms with van der Waals surface area (Å²) in [6.45, 7) is 14.7. The van der Waals surface area contributed by atoms with Crippen molar-refractivity contribution in [1.82, 2.24) is 5.32 Å². The van der Waals surface area contributed by atoms with Crippen LogP contribution >= 0.6 is 0 Å². The molecular weight excluding hydrogens is 218 g/mol. The van der Waals surface area contributed by atoms with Crippen LogP contribution in [0.3, 0.4) is 0 Å². The van der Waals surface area contributed by atoms with Crippen LogP contribution in [0.4, 0.5) is 0 Å². The molecule has 0 aliphatic rings. The van der Waals surface area contributed by atoms with Crippen molar-refractivity contribution in [2.24, 2.45) is 5.41 Å². The van der Waals surface area contributed by atoms with Gasteiger partial charge in [0.25, 0.3) is 0 Å². The smallest absolute Gasteiger partial charge is 0.0327 e. The average Bonchev–Trinajstić information content (AvgIpc) is 2.26. The van der Waals surface area contributed by atoms with Gasteiger partial charge in [0, 0.05) is 6.04 Å². The Morgan fingerprint density at radius 3 is 2.39 bits per heavy atom. The van der Waals surface area contributed by atoms with Crippen LogP contribution in [-0.4, -0.2) is 6.54 Å². The molecule has 18 heavy (non-hydrogen) atoms. The second-order valence-corrected chi connectivity index (χ2v) is 6.63. The van der Waals surface area contributed by atoms with E-state index in [-0.39, 0.29) is 0 Å². The maximum absolute atomic E-state index is 3.71. The molecule has 102 valence electrons. The van der Waals surface area contributed by atoms with E-state index in [1.165, 1.54) is 29.5 Å². The zero-order valence-electron chi connectivity index (χ0n) is 12.9. The second kappa shape index (κ2) is 6.38. The van der Waals surface area contributed by atoms with Crippen LogP contribution < -0.4 is 5.32 Å². The Kier molecular flexibility index (Phi) is 5.40. The van der Waals surface area contributed by atoms with E-state index < -0.39 is 0 Å². The highest BCUT2D eigenvalue weighted by Gasteiger charge is 2.20. The predicted molar refractivity (Wildman–Crippen MR) is 81.0 cm³/mol. The van der Waals surface area contributed by atoms with Crippen molar-refractivity contribution in [2.45, 2.75) is 60.4 Å². The molecule has 1 heteroatoms. The Morgan fingerprint density at radius 2 is 1.83 bits per heavy atom. The van der Waals surface area contributed by atoms with Crippen molar-refractivity contribution in [3.05, 3.63) is 34.9 Å². The summed E-state index contributed by atoms with van der Waals surface area (Å²) in [5.41, 5.74) is 4.58. The van der Waals surface area contributed by atoms with Crippen LogP contribution in [-0.2, 0) is 0 Å². The van der Waals surface area contributed by atoms with E-state index in [2.05, 4.69) is 65.1 Å². The minimum absolute atomic E-state index is 0.349. The van der Waals surface area contributed by atoms with Gasteiger partial charge >= 0.3 is 0 Å². The summed E-state index contributed by atoms with van der Waals surface area (Å²) in [5, 5.41) is 3.71. The molecule has 0 radical (unpaired) electrons. The van der Waals surface area contributed by atoms with Crippen LogP contribution in [0.15, 0.2) is 18.2 Å². The molecule has 0 aliphatic carbocycles. The molecule has 1 N–H and O–H groups in total. The van der Waals surface area contributed by atoms with Crippen LogP contribution in [0, 0.1) is 19.3 Å². The normalized spacial score (nSPS) is 13.7. The second-order valence-electron chi connectivity index (χ2n) is 6.63. The third-order valence-corrected chi connectivity index (χ3v) is 3.27. The van der Waals surface area contributed by atoms with E-state index in [1.54, 1.807) is 0 Å². The molecule has 0 saturated heterocycles. The summed E-state index contributed by atoms with van der Waals surface area (Å²) in [4.78, 5) is 0. The van der Waals surface area contributed by atoms with E-state index in [1.807, 2.05) is 0 Å². The molecule has 0 saturated carbocycles. The van der Waals surface area contributed by atoms with E-state index in [9.17, 15) is 0 Å². The summed E-state index contributed by atoms with van der Waals surface area (Å²) < 4.78 is 0. The molecule has 0 aliphatic heterocycles. The summed E-state index contributed by atoms with van der Waals surface area (Å²) in [6.07, 6.45) is 2.36. The molecule has 0 amide bonds. The molecular formula is C17H29N. The number of rotatable bonds is 5. The molecule has 0 heterocycles. The lowest BCUT2D eigenvalue weighted by molar-refractivity contribution is 0.311. The summed E-state index contributed by atoms with van der Waals surface area (Å²) >= 11 is 0. The first-order valence-electron chi connectivity index (χ1n) is 7.14. The number of benzene rings is 1. The van der Waals surface area contributed by atoms with Crippen molar-refractivity contribution in [1.29, 1.82) is 0 Å². The summed E-state index contributed by atoms with van der Waals surface area (Å²) in [5.74, 6) is 0. The van der Waals surface area contributed by atoms with E-state index >= 15 is 0 Å². The number of nitrogens with one attached hydrogen (secondary N) is 1. The Hall–Kier alpha value is -0.820. The van der Waals surface area contributed by atoms with Gasteiger partial charge < -0.3 is 5.32 Å². The average molecular weight is 247 g/mol. The first kappa shape index (κ1) is 15.2.